The van der Waals surface area contributed by atoms with Crippen molar-refractivity contribution in [2.24, 2.45) is 0 Å². The van der Waals surface area contributed by atoms with Crippen LogP contribution in [0.2, 0.25) is 0 Å². The van der Waals surface area contributed by atoms with Gasteiger partial charge in [0, 0.05) is 34.2 Å². The highest BCUT2D eigenvalue weighted by molar-refractivity contribution is 7.89. The molecular formula is C27H36N6O3S. The van der Waals surface area contributed by atoms with Crippen LogP contribution >= 0.6 is 0 Å². The molecular weight excluding hydrogens is 488 g/mol. The van der Waals surface area contributed by atoms with Crippen LogP contribution in [0.25, 0.3) is 0 Å². The first-order chi connectivity index (χ1) is 17.4. The van der Waals surface area contributed by atoms with Gasteiger partial charge >= 0.3 is 0 Å². The summed E-state index contributed by atoms with van der Waals surface area (Å²) in [7, 11) is -3.66. The van der Waals surface area contributed by atoms with Crippen LogP contribution in [0.15, 0.2) is 59.6 Å². The van der Waals surface area contributed by atoms with E-state index in [0.717, 1.165) is 36.1 Å². The van der Waals surface area contributed by atoms with Crippen molar-refractivity contribution in [2.75, 3.05) is 23.7 Å². The molecule has 1 saturated heterocycles. The van der Waals surface area contributed by atoms with Crippen LogP contribution in [0.4, 0.5) is 23.1 Å². The van der Waals surface area contributed by atoms with Gasteiger partial charge in [0.05, 0.1) is 18.0 Å². The highest BCUT2D eigenvalue weighted by atomic mass is 32.2. The lowest BCUT2D eigenvalue weighted by Gasteiger charge is -2.45. The zero-order valence-electron chi connectivity index (χ0n) is 21.9. The Morgan fingerprint density at radius 3 is 2.35 bits per heavy atom. The second-order valence-corrected chi connectivity index (χ2v) is 12.5. The van der Waals surface area contributed by atoms with E-state index in [-0.39, 0.29) is 9.54 Å². The summed E-state index contributed by atoms with van der Waals surface area (Å²) in [6.45, 7) is 9.16. The minimum Gasteiger partial charge on any atom is -0.633 e. The van der Waals surface area contributed by atoms with Gasteiger partial charge in [0.15, 0.2) is 0 Å². The first-order valence-electron chi connectivity index (χ1n) is 12.6. The predicted molar refractivity (Wildman–Crippen MR) is 147 cm³/mol. The molecule has 198 valence electrons. The van der Waals surface area contributed by atoms with Crippen LogP contribution in [0.3, 0.4) is 0 Å². The molecule has 1 aliphatic heterocycles. The highest BCUT2D eigenvalue weighted by Crippen LogP contribution is 2.25. The van der Waals surface area contributed by atoms with E-state index in [1.807, 2.05) is 31.2 Å². The van der Waals surface area contributed by atoms with Crippen molar-refractivity contribution < 1.29 is 13.1 Å². The van der Waals surface area contributed by atoms with Crippen molar-refractivity contribution >= 4 is 33.2 Å². The molecule has 1 fully saturated rings. The lowest BCUT2D eigenvalue weighted by atomic mass is 10.1. The number of aryl methyl sites for hydroxylation is 1. The first-order valence-corrected chi connectivity index (χ1v) is 14.1. The van der Waals surface area contributed by atoms with E-state index in [2.05, 4.69) is 25.3 Å². The van der Waals surface area contributed by atoms with Crippen LogP contribution in [0.1, 0.15) is 51.2 Å². The second kappa shape index (κ2) is 10.7. The summed E-state index contributed by atoms with van der Waals surface area (Å²) in [6, 6.07) is 14.4. The van der Waals surface area contributed by atoms with E-state index in [1.165, 1.54) is 0 Å². The molecule has 0 saturated carbocycles. The molecule has 1 aromatic heterocycles. The molecule has 37 heavy (non-hydrogen) atoms. The third kappa shape index (κ3) is 7.48. The minimum absolute atomic E-state index is 0.141. The summed E-state index contributed by atoms with van der Waals surface area (Å²) in [4.78, 5) is 9.14. The summed E-state index contributed by atoms with van der Waals surface area (Å²) < 4.78 is 28.0. The van der Waals surface area contributed by atoms with E-state index in [9.17, 15) is 13.6 Å². The smallest absolute Gasteiger partial charge is 0.241 e. The van der Waals surface area contributed by atoms with Gasteiger partial charge in [-0.2, -0.15) is 4.98 Å². The lowest BCUT2D eigenvalue weighted by Crippen LogP contribution is -2.45. The number of anilines is 4. The molecule has 9 nitrogen and oxygen atoms in total. The van der Waals surface area contributed by atoms with Crippen molar-refractivity contribution in [2.45, 2.75) is 63.9 Å². The summed E-state index contributed by atoms with van der Waals surface area (Å²) in [5.41, 5.74) is 2.66. The normalized spacial score (nSPS) is 15.8. The molecule has 0 unspecified atom stereocenters. The van der Waals surface area contributed by atoms with Gasteiger partial charge in [-0.1, -0.05) is 18.2 Å². The molecule has 3 N–H and O–H groups in total. The fourth-order valence-corrected chi connectivity index (χ4v) is 5.83. The SMILES string of the molecule is Cc1cnc(Nc2ccc(C[N+]3([O-])CCCCC3)cc2)nc1Nc1cccc(S(=O)(=O)NC(C)(C)C)c1. The van der Waals surface area contributed by atoms with E-state index < -0.39 is 15.6 Å². The van der Waals surface area contributed by atoms with Gasteiger partial charge in [-0.3, -0.25) is 0 Å². The van der Waals surface area contributed by atoms with E-state index in [1.54, 1.807) is 51.2 Å². The number of likely N-dealkylation sites (tertiary alicyclic amines) is 1. The van der Waals surface area contributed by atoms with Crippen molar-refractivity contribution in [3.8, 4) is 0 Å². The quantitative estimate of drug-likeness (QED) is 0.268. The fraction of sp³-hybridized carbons (Fsp3) is 0.407. The fourth-order valence-electron chi connectivity index (χ4n) is 4.37. The third-order valence-electron chi connectivity index (χ3n) is 6.13. The van der Waals surface area contributed by atoms with Crippen LogP contribution in [-0.4, -0.2) is 41.7 Å². The maximum Gasteiger partial charge on any atom is 0.241 e. The second-order valence-electron chi connectivity index (χ2n) is 10.8. The molecule has 2 heterocycles. The van der Waals surface area contributed by atoms with Gasteiger partial charge in [-0.25, -0.2) is 18.1 Å². The molecule has 0 aliphatic carbocycles. The van der Waals surface area contributed by atoms with Crippen LogP contribution in [0, 0.1) is 12.1 Å². The van der Waals surface area contributed by atoms with Crippen LogP contribution < -0.4 is 15.4 Å². The Kier molecular flexibility index (Phi) is 7.84. The molecule has 0 amide bonds. The van der Waals surface area contributed by atoms with Gasteiger partial charge < -0.3 is 20.5 Å². The number of aromatic nitrogens is 2. The number of hydrogen-bond acceptors (Lipinski definition) is 7. The molecule has 0 atom stereocenters. The van der Waals surface area contributed by atoms with E-state index in [4.69, 9.17) is 0 Å². The molecule has 1 aliphatic rings. The Morgan fingerprint density at radius 1 is 0.973 bits per heavy atom. The lowest BCUT2D eigenvalue weighted by molar-refractivity contribution is -0.898. The highest BCUT2D eigenvalue weighted by Gasteiger charge is 2.23. The van der Waals surface area contributed by atoms with Crippen LogP contribution in [0.5, 0.6) is 0 Å². The van der Waals surface area contributed by atoms with Gasteiger partial charge in [0.25, 0.3) is 0 Å². The molecule has 3 aromatic rings. The van der Waals surface area contributed by atoms with Gasteiger partial charge in [0.2, 0.25) is 16.0 Å². The largest absolute Gasteiger partial charge is 0.633 e. The van der Waals surface area contributed by atoms with Crippen molar-refractivity contribution in [1.82, 2.24) is 14.7 Å². The predicted octanol–water partition coefficient (Wildman–Crippen LogP) is 5.35. The average Bonchev–Trinajstić information content (AvgIpc) is 2.81. The zero-order chi connectivity index (χ0) is 26.7. The van der Waals surface area contributed by atoms with E-state index >= 15 is 0 Å². The minimum atomic E-state index is -3.66. The molecule has 4 rings (SSSR count). The summed E-state index contributed by atoms with van der Waals surface area (Å²) in [5, 5.41) is 19.3. The number of rotatable bonds is 8. The van der Waals surface area contributed by atoms with Crippen molar-refractivity contribution in [3.05, 3.63) is 71.1 Å². The maximum atomic E-state index is 12.9. The molecule has 0 bridgehead atoms. The standard InChI is InChI=1S/C27H36N6O3S/c1-20-18-28-26(30-22-13-11-21(12-14-22)19-33(34)15-6-5-7-16-33)31-25(20)29-23-9-8-10-24(17-23)37(35,36)32-27(2,3)4/h8-14,17-18,32H,5-7,15-16,19H2,1-4H3,(H2,28,29,30,31). The molecule has 0 radical (unpaired) electrons. The van der Waals surface area contributed by atoms with Gasteiger partial charge in [0.1, 0.15) is 12.4 Å². The van der Waals surface area contributed by atoms with Gasteiger partial charge in [-0.05, 0) is 77.3 Å². The maximum absolute atomic E-state index is 12.9. The number of nitrogens with zero attached hydrogens (tertiary/aromatic N) is 3. The number of benzene rings is 2. The van der Waals surface area contributed by atoms with Crippen LogP contribution in [-0.2, 0) is 16.6 Å². The first kappa shape index (κ1) is 27.0. The Hall–Kier alpha value is -3.05. The number of quaternary nitrogens is 1. The number of nitrogens with one attached hydrogen (secondary N) is 3. The zero-order valence-corrected chi connectivity index (χ0v) is 22.7. The summed E-state index contributed by atoms with van der Waals surface area (Å²) in [6.07, 6.45) is 4.85. The Balaban J connectivity index is 1.46. The van der Waals surface area contributed by atoms with Gasteiger partial charge in [-0.15, -0.1) is 0 Å². The van der Waals surface area contributed by atoms with Crippen molar-refractivity contribution in [3.63, 3.8) is 0 Å². The van der Waals surface area contributed by atoms with E-state index in [0.29, 0.717) is 37.1 Å². The molecule has 0 spiro atoms. The third-order valence-corrected chi connectivity index (χ3v) is 7.89. The monoisotopic (exact) mass is 524 g/mol. The Morgan fingerprint density at radius 2 is 1.68 bits per heavy atom. The molecule has 10 heteroatoms. The number of hydroxylamine groups is 3. The Bertz CT molecular complexity index is 1330. The number of piperidine rings is 1. The number of sulfonamides is 1. The average molecular weight is 525 g/mol. The topological polar surface area (TPSA) is 119 Å². The summed E-state index contributed by atoms with van der Waals surface area (Å²) in [5.74, 6) is 0.970. The Labute approximate surface area is 219 Å². The summed E-state index contributed by atoms with van der Waals surface area (Å²) >= 11 is 0. The molecule has 2 aromatic carbocycles. The number of hydrogen-bond donors (Lipinski definition) is 3. The van der Waals surface area contributed by atoms with Crippen molar-refractivity contribution in [1.29, 1.82) is 0 Å².